The van der Waals surface area contributed by atoms with Gasteiger partial charge in [0.2, 0.25) is 15.9 Å². The van der Waals surface area contributed by atoms with Crippen molar-refractivity contribution in [3.63, 3.8) is 0 Å². The first-order chi connectivity index (χ1) is 9.77. The lowest BCUT2D eigenvalue weighted by molar-refractivity contribution is -0.123. The van der Waals surface area contributed by atoms with E-state index >= 15 is 0 Å². The van der Waals surface area contributed by atoms with Crippen molar-refractivity contribution in [2.24, 2.45) is 5.92 Å². The minimum absolute atomic E-state index is 0.0638. The number of sulfonamides is 1. The molecule has 0 saturated carbocycles. The summed E-state index contributed by atoms with van der Waals surface area (Å²) in [6.07, 6.45) is 5.08. The van der Waals surface area contributed by atoms with Gasteiger partial charge in [0.15, 0.2) is 0 Å². The molecule has 0 unspecified atom stereocenters. The van der Waals surface area contributed by atoms with Crippen molar-refractivity contribution in [2.75, 3.05) is 6.54 Å². The zero-order valence-corrected chi connectivity index (χ0v) is 13.2. The molecule has 0 aliphatic rings. The molecule has 6 heteroatoms. The Morgan fingerprint density at radius 3 is 2.33 bits per heavy atom. The van der Waals surface area contributed by atoms with Crippen molar-refractivity contribution in [2.45, 2.75) is 31.7 Å². The highest BCUT2D eigenvalue weighted by molar-refractivity contribution is 7.89. The first-order valence-electron chi connectivity index (χ1n) is 6.58. The fourth-order valence-electron chi connectivity index (χ4n) is 1.69. The van der Waals surface area contributed by atoms with E-state index in [9.17, 15) is 13.2 Å². The molecule has 0 radical (unpaired) electrons. The molecule has 2 N–H and O–H groups in total. The molecular formula is C15H20N2O3S. The largest absolute Gasteiger partial charge is 0.344 e. The molecule has 0 spiro atoms. The highest BCUT2D eigenvalue weighted by atomic mass is 32.2. The summed E-state index contributed by atoms with van der Waals surface area (Å²) in [5.41, 5.74) is 0.959. The third-order valence-corrected chi connectivity index (χ3v) is 4.38. The van der Waals surface area contributed by atoms with Crippen molar-refractivity contribution >= 4 is 15.9 Å². The van der Waals surface area contributed by atoms with Crippen molar-refractivity contribution in [3.05, 3.63) is 29.8 Å². The van der Waals surface area contributed by atoms with Crippen molar-refractivity contribution < 1.29 is 13.2 Å². The molecular weight excluding hydrogens is 288 g/mol. The lowest BCUT2D eigenvalue weighted by atomic mass is 10.1. The van der Waals surface area contributed by atoms with Crippen LogP contribution in [0.4, 0.5) is 0 Å². The van der Waals surface area contributed by atoms with E-state index in [-0.39, 0.29) is 17.4 Å². The molecule has 21 heavy (non-hydrogen) atoms. The van der Waals surface area contributed by atoms with E-state index in [0.29, 0.717) is 0 Å². The van der Waals surface area contributed by atoms with E-state index in [2.05, 4.69) is 16.0 Å². The number of aryl methyl sites for hydroxylation is 1. The van der Waals surface area contributed by atoms with Gasteiger partial charge >= 0.3 is 0 Å². The van der Waals surface area contributed by atoms with E-state index in [4.69, 9.17) is 6.42 Å². The molecule has 114 valence electrons. The number of amides is 1. The monoisotopic (exact) mass is 308 g/mol. The molecule has 0 aliphatic carbocycles. The molecule has 0 aliphatic heterocycles. The molecule has 0 fully saturated rings. The number of carbonyl (C=O) groups excluding carboxylic acids is 1. The Balaban J connectivity index is 2.95. The van der Waals surface area contributed by atoms with Crippen LogP contribution in [-0.4, -0.2) is 26.9 Å². The van der Waals surface area contributed by atoms with Gasteiger partial charge in [-0.3, -0.25) is 4.79 Å². The standard InChI is InChI=1S/C15H20N2O3S/c1-5-10-16-15(18)14(11(2)3)17-21(19,20)13-8-6-12(4)7-9-13/h1,6-9,11,14,17H,10H2,2-4H3,(H,16,18)/t14-/m1/s1. The van der Waals surface area contributed by atoms with Gasteiger partial charge in [-0.05, 0) is 25.0 Å². The van der Waals surface area contributed by atoms with Crippen LogP contribution in [0.1, 0.15) is 19.4 Å². The molecule has 1 aromatic rings. The quantitative estimate of drug-likeness (QED) is 0.771. The van der Waals surface area contributed by atoms with E-state index in [1.54, 1.807) is 26.0 Å². The highest BCUT2D eigenvalue weighted by Crippen LogP contribution is 2.13. The van der Waals surface area contributed by atoms with Gasteiger partial charge in [-0.2, -0.15) is 4.72 Å². The molecule has 1 atom stereocenters. The van der Waals surface area contributed by atoms with Crippen molar-refractivity contribution in [1.29, 1.82) is 0 Å². The minimum atomic E-state index is -3.75. The van der Waals surface area contributed by atoms with Gasteiger partial charge in [0.1, 0.15) is 6.04 Å². The van der Waals surface area contributed by atoms with Crippen LogP contribution in [0.25, 0.3) is 0 Å². The lowest BCUT2D eigenvalue weighted by Gasteiger charge is -2.21. The second-order valence-corrected chi connectivity index (χ2v) is 6.79. The predicted octanol–water partition coefficient (Wildman–Crippen LogP) is 1.05. The number of rotatable bonds is 6. The topological polar surface area (TPSA) is 75.3 Å². The van der Waals surface area contributed by atoms with Crippen LogP contribution < -0.4 is 10.0 Å². The fraction of sp³-hybridized carbons (Fsp3) is 0.400. The van der Waals surface area contributed by atoms with Crippen LogP contribution in [0.2, 0.25) is 0 Å². The van der Waals surface area contributed by atoms with Gasteiger partial charge in [0, 0.05) is 0 Å². The first kappa shape index (κ1) is 17.2. The Bertz CT molecular complexity index is 628. The second kappa shape index (κ2) is 7.25. The zero-order chi connectivity index (χ0) is 16.0. The zero-order valence-electron chi connectivity index (χ0n) is 12.4. The third-order valence-electron chi connectivity index (χ3n) is 2.93. The summed E-state index contributed by atoms with van der Waals surface area (Å²) in [6, 6.07) is 5.56. The molecule has 1 amide bonds. The van der Waals surface area contributed by atoms with Crippen molar-refractivity contribution in [3.8, 4) is 12.3 Å². The lowest BCUT2D eigenvalue weighted by Crippen LogP contribution is -2.49. The number of hydrogen-bond acceptors (Lipinski definition) is 3. The maximum absolute atomic E-state index is 12.3. The van der Waals surface area contributed by atoms with Crippen LogP contribution in [0.5, 0.6) is 0 Å². The molecule has 0 heterocycles. The summed E-state index contributed by atoms with van der Waals surface area (Å²) in [5.74, 6) is 1.65. The van der Waals surface area contributed by atoms with E-state index in [1.807, 2.05) is 6.92 Å². The van der Waals surface area contributed by atoms with E-state index in [0.717, 1.165) is 5.56 Å². The molecule has 5 nitrogen and oxygen atoms in total. The first-order valence-corrected chi connectivity index (χ1v) is 8.06. The summed E-state index contributed by atoms with van der Waals surface area (Å²) >= 11 is 0. The summed E-state index contributed by atoms with van der Waals surface area (Å²) in [4.78, 5) is 12.1. The van der Waals surface area contributed by atoms with Gasteiger partial charge in [0.25, 0.3) is 0 Å². The molecule has 0 aromatic heterocycles. The summed E-state index contributed by atoms with van der Waals surface area (Å²) < 4.78 is 27.0. The number of terminal acetylenes is 1. The maximum atomic E-state index is 12.3. The molecule has 1 rings (SSSR count). The van der Waals surface area contributed by atoms with Gasteiger partial charge in [0.05, 0.1) is 11.4 Å². The molecule has 1 aromatic carbocycles. The van der Waals surface area contributed by atoms with Crippen LogP contribution >= 0.6 is 0 Å². The van der Waals surface area contributed by atoms with Gasteiger partial charge in [-0.25, -0.2) is 8.42 Å². The average molecular weight is 308 g/mol. The van der Waals surface area contributed by atoms with Crippen LogP contribution in [-0.2, 0) is 14.8 Å². The number of nitrogens with one attached hydrogen (secondary N) is 2. The molecule has 0 saturated heterocycles. The van der Waals surface area contributed by atoms with Crippen LogP contribution in [0.15, 0.2) is 29.2 Å². The number of hydrogen-bond donors (Lipinski definition) is 2. The Kier molecular flexibility index (Phi) is 5.94. The van der Waals surface area contributed by atoms with Crippen LogP contribution in [0.3, 0.4) is 0 Å². The predicted molar refractivity (Wildman–Crippen MR) is 82.0 cm³/mol. The SMILES string of the molecule is C#CCNC(=O)[C@H](NS(=O)(=O)c1ccc(C)cc1)C(C)C. The smallest absolute Gasteiger partial charge is 0.241 e. The second-order valence-electron chi connectivity index (χ2n) is 5.08. The maximum Gasteiger partial charge on any atom is 0.241 e. The summed E-state index contributed by atoms with van der Waals surface area (Å²) in [6.45, 7) is 5.46. The highest BCUT2D eigenvalue weighted by Gasteiger charge is 2.27. The van der Waals surface area contributed by atoms with Crippen LogP contribution in [0, 0.1) is 25.2 Å². The average Bonchev–Trinajstić information content (AvgIpc) is 2.42. The van der Waals surface area contributed by atoms with Crippen molar-refractivity contribution in [1.82, 2.24) is 10.0 Å². The normalized spacial score (nSPS) is 12.7. The van der Waals surface area contributed by atoms with Gasteiger partial charge in [-0.1, -0.05) is 37.5 Å². The van der Waals surface area contributed by atoms with E-state index in [1.165, 1.54) is 12.1 Å². The minimum Gasteiger partial charge on any atom is -0.344 e. The third kappa shape index (κ3) is 4.88. The molecule has 0 bridgehead atoms. The van der Waals surface area contributed by atoms with E-state index < -0.39 is 22.0 Å². The summed E-state index contributed by atoms with van der Waals surface area (Å²) in [7, 11) is -3.75. The Labute approximate surface area is 126 Å². The number of carbonyl (C=O) groups is 1. The van der Waals surface area contributed by atoms with Gasteiger partial charge in [-0.15, -0.1) is 6.42 Å². The van der Waals surface area contributed by atoms with Gasteiger partial charge < -0.3 is 5.32 Å². The fourth-order valence-corrected chi connectivity index (χ4v) is 3.04. The Morgan fingerprint density at radius 2 is 1.86 bits per heavy atom. The Hall–Kier alpha value is -1.84. The summed E-state index contributed by atoms with van der Waals surface area (Å²) in [5, 5.41) is 2.49. The Morgan fingerprint density at radius 1 is 1.29 bits per heavy atom. The number of benzene rings is 1.